The molecule has 1 aromatic carbocycles. The van der Waals surface area contributed by atoms with Crippen molar-refractivity contribution in [3.05, 3.63) is 40.1 Å². The minimum absolute atomic E-state index is 0.348. The van der Waals surface area contributed by atoms with Crippen LogP contribution in [0.5, 0.6) is 0 Å². The lowest BCUT2D eigenvalue weighted by molar-refractivity contribution is 0.0518. The largest absolute Gasteiger partial charge is 0.461 e. The molecule has 0 amide bonds. The van der Waals surface area contributed by atoms with Gasteiger partial charge in [0, 0.05) is 20.8 Å². The Morgan fingerprint density at radius 2 is 2.14 bits per heavy atom. The van der Waals surface area contributed by atoms with Crippen LogP contribution in [0.15, 0.2) is 28.9 Å². The molecule has 0 spiro atoms. The minimum Gasteiger partial charge on any atom is -0.461 e. The van der Waals surface area contributed by atoms with Gasteiger partial charge in [-0.25, -0.2) is 9.78 Å². The molecule has 0 aliphatic heterocycles. The van der Waals surface area contributed by atoms with E-state index in [0.717, 1.165) is 38.3 Å². The molecule has 3 aromatic rings. The zero-order chi connectivity index (χ0) is 15.0. The topological polar surface area (TPSA) is 55.0 Å². The van der Waals surface area contributed by atoms with Gasteiger partial charge in [-0.1, -0.05) is 22.9 Å². The van der Waals surface area contributed by atoms with Gasteiger partial charge >= 0.3 is 5.97 Å². The van der Waals surface area contributed by atoms with Crippen LogP contribution in [0, 0.1) is 0 Å². The lowest BCUT2D eigenvalue weighted by Gasteiger charge is -2.08. The number of esters is 1. The van der Waals surface area contributed by atoms with E-state index < -0.39 is 0 Å². The standard InChI is InChI=1S/C16H15BrN2O2/c1-3-10-14-11-7-9(17)5-6-12(11)19-13(14)8-18-15(10)16(20)21-4-2/h5-8,19H,3-4H2,1-2H3. The summed E-state index contributed by atoms with van der Waals surface area (Å²) in [6.45, 7) is 4.17. The maximum Gasteiger partial charge on any atom is 0.357 e. The first-order valence-electron chi connectivity index (χ1n) is 6.91. The Balaban J connectivity index is 2.35. The van der Waals surface area contributed by atoms with E-state index >= 15 is 0 Å². The molecule has 0 saturated carbocycles. The molecule has 5 heteroatoms. The van der Waals surface area contributed by atoms with Crippen LogP contribution in [-0.2, 0) is 11.2 Å². The highest BCUT2D eigenvalue weighted by Gasteiger charge is 2.18. The summed E-state index contributed by atoms with van der Waals surface area (Å²) in [5.74, 6) is -0.361. The maximum absolute atomic E-state index is 12.1. The number of pyridine rings is 1. The average Bonchev–Trinajstić information content (AvgIpc) is 2.84. The third kappa shape index (κ3) is 2.31. The van der Waals surface area contributed by atoms with Gasteiger partial charge in [-0.15, -0.1) is 0 Å². The molecule has 2 heterocycles. The predicted octanol–water partition coefficient (Wildman–Crippen LogP) is 4.22. The van der Waals surface area contributed by atoms with E-state index in [1.807, 2.05) is 19.1 Å². The van der Waals surface area contributed by atoms with Crippen LogP contribution in [0.1, 0.15) is 29.9 Å². The van der Waals surface area contributed by atoms with Crippen LogP contribution in [0.2, 0.25) is 0 Å². The van der Waals surface area contributed by atoms with E-state index in [1.54, 1.807) is 13.1 Å². The van der Waals surface area contributed by atoms with E-state index in [-0.39, 0.29) is 5.97 Å². The highest BCUT2D eigenvalue weighted by atomic mass is 79.9. The molecule has 0 aliphatic rings. The monoisotopic (exact) mass is 346 g/mol. The van der Waals surface area contributed by atoms with Crippen molar-refractivity contribution in [1.82, 2.24) is 9.97 Å². The molecule has 0 saturated heterocycles. The fourth-order valence-electron chi connectivity index (χ4n) is 2.65. The summed E-state index contributed by atoms with van der Waals surface area (Å²) in [7, 11) is 0. The summed E-state index contributed by atoms with van der Waals surface area (Å²) in [4.78, 5) is 19.7. The Morgan fingerprint density at radius 3 is 2.86 bits per heavy atom. The van der Waals surface area contributed by atoms with Crippen LogP contribution in [0.25, 0.3) is 21.8 Å². The lowest BCUT2D eigenvalue weighted by Crippen LogP contribution is -2.10. The second kappa shape index (κ2) is 5.48. The molecule has 0 unspecified atom stereocenters. The lowest BCUT2D eigenvalue weighted by atomic mass is 10.0. The first kappa shape index (κ1) is 14.1. The van der Waals surface area contributed by atoms with Gasteiger partial charge in [-0.3, -0.25) is 0 Å². The van der Waals surface area contributed by atoms with Crippen LogP contribution in [-0.4, -0.2) is 22.5 Å². The molecule has 4 nitrogen and oxygen atoms in total. The number of aromatic nitrogens is 2. The van der Waals surface area contributed by atoms with E-state index in [9.17, 15) is 4.79 Å². The van der Waals surface area contributed by atoms with Crippen molar-refractivity contribution < 1.29 is 9.53 Å². The van der Waals surface area contributed by atoms with Crippen molar-refractivity contribution >= 4 is 43.7 Å². The number of halogens is 1. The number of fused-ring (bicyclic) bond motifs is 3. The fourth-order valence-corrected chi connectivity index (χ4v) is 3.01. The van der Waals surface area contributed by atoms with Crippen LogP contribution in [0.3, 0.4) is 0 Å². The Labute approximate surface area is 130 Å². The highest BCUT2D eigenvalue weighted by molar-refractivity contribution is 9.10. The molecule has 21 heavy (non-hydrogen) atoms. The SMILES string of the molecule is CCOC(=O)c1ncc2[nH]c3ccc(Br)cc3c2c1CC. The number of carbonyl (C=O) groups is 1. The number of rotatable bonds is 3. The molecular weight excluding hydrogens is 332 g/mol. The zero-order valence-electron chi connectivity index (χ0n) is 11.9. The number of ether oxygens (including phenoxy) is 1. The fraction of sp³-hybridized carbons (Fsp3) is 0.250. The molecule has 0 bridgehead atoms. The molecule has 0 aliphatic carbocycles. The molecule has 3 rings (SSSR count). The number of H-pyrrole nitrogens is 1. The van der Waals surface area contributed by atoms with Gasteiger partial charge in [0.2, 0.25) is 0 Å². The van der Waals surface area contributed by atoms with Gasteiger partial charge in [-0.05, 0) is 37.1 Å². The number of carbonyl (C=O) groups excluding carboxylic acids is 1. The Hall–Kier alpha value is -1.88. The normalized spacial score (nSPS) is 11.2. The summed E-state index contributed by atoms with van der Waals surface area (Å²) in [6.07, 6.45) is 2.42. The molecule has 108 valence electrons. The van der Waals surface area contributed by atoms with Crippen molar-refractivity contribution in [3.63, 3.8) is 0 Å². The van der Waals surface area contributed by atoms with Crippen molar-refractivity contribution in [2.75, 3.05) is 6.61 Å². The number of aromatic amines is 1. The van der Waals surface area contributed by atoms with E-state index in [0.29, 0.717) is 12.3 Å². The van der Waals surface area contributed by atoms with Crippen molar-refractivity contribution in [1.29, 1.82) is 0 Å². The second-order valence-electron chi connectivity index (χ2n) is 4.76. The van der Waals surface area contributed by atoms with Gasteiger partial charge in [0.05, 0.1) is 18.3 Å². The maximum atomic E-state index is 12.1. The average molecular weight is 347 g/mol. The summed E-state index contributed by atoms with van der Waals surface area (Å²) in [5.41, 5.74) is 3.31. The zero-order valence-corrected chi connectivity index (χ0v) is 13.5. The first-order valence-corrected chi connectivity index (χ1v) is 7.71. The van der Waals surface area contributed by atoms with Gasteiger partial charge < -0.3 is 9.72 Å². The summed E-state index contributed by atoms with van der Waals surface area (Å²) in [5, 5.41) is 2.14. The van der Waals surface area contributed by atoms with Crippen molar-refractivity contribution in [2.24, 2.45) is 0 Å². The minimum atomic E-state index is -0.361. The summed E-state index contributed by atoms with van der Waals surface area (Å²) in [6, 6.07) is 6.06. The number of nitrogens with one attached hydrogen (secondary N) is 1. The molecule has 0 radical (unpaired) electrons. The third-order valence-corrected chi connectivity index (χ3v) is 4.02. The predicted molar refractivity (Wildman–Crippen MR) is 86.6 cm³/mol. The van der Waals surface area contributed by atoms with E-state index in [4.69, 9.17) is 4.74 Å². The molecule has 2 aromatic heterocycles. The van der Waals surface area contributed by atoms with Crippen LogP contribution < -0.4 is 0 Å². The van der Waals surface area contributed by atoms with E-state index in [2.05, 4.69) is 32.0 Å². The smallest absolute Gasteiger partial charge is 0.357 e. The third-order valence-electron chi connectivity index (χ3n) is 3.52. The summed E-state index contributed by atoms with van der Waals surface area (Å²) < 4.78 is 6.12. The summed E-state index contributed by atoms with van der Waals surface area (Å²) >= 11 is 3.50. The second-order valence-corrected chi connectivity index (χ2v) is 5.68. The number of hydrogen-bond donors (Lipinski definition) is 1. The molecular formula is C16H15BrN2O2. The Kier molecular flexibility index (Phi) is 3.68. The number of nitrogens with zero attached hydrogens (tertiary/aromatic N) is 1. The molecule has 0 fully saturated rings. The van der Waals surface area contributed by atoms with Gasteiger partial charge in [0.15, 0.2) is 5.69 Å². The van der Waals surface area contributed by atoms with Gasteiger partial charge in [-0.2, -0.15) is 0 Å². The van der Waals surface area contributed by atoms with Crippen molar-refractivity contribution in [2.45, 2.75) is 20.3 Å². The highest BCUT2D eigenvalue weighted by Crippen LogP contribution is 2.31. The van der Waals surface area contributed by atoms with E-state index in [1.165, 1.54) is 0 Å². The number of aryl methyl sites for hydroxylation is 1. The van der Waals surface area contributed by atoms with Crippen LogP contribution in [0.4, 0.5) is 0 Å². The number of hydrogen-bond acceptors (Lipinski definition) is 3. The number of benzene rings is 1. The van der Waals surface area contributed by atoms with Crippen LogP contribution >= 0.6 is 15.9 Å². The Morgan fingerprint density at radius 1 is 1.33 bits per heavy atom. The van der Waals surface area contributed by atoms with Crippen molar-refractivity contribution in [3.8, 4) is 0 Å². The molecule has 0 atom stereocenters. The quantitative estimate of drug-likeness (QED) is 0.722. The van der Waals surface area contributed by atoms with Gasteiger partial charge in [0.25, 0.3) is 0 Å². The Bertz CT molecular complexity index is 839. The van der Waals surface area contributed by atoms with Gasteiger partial charge in [0.1, 0.15) is 0 Å². The molecule has 1 N–H and O–H groups in total. The first-order chi connectivity index (χ1) is 10.2.